The molecule has 4 nitrogen and oxygen atoms in total. The maximum atomic E-state index is 12.3. The second-order valence-corrected chi connectivity index (χ2v) is 6.79. The van der Waals surface area contributed by atoms with Crippen LogP contribution in [0.3, 0.4) is 0 Å². The van der Waals surface area contributed by atoms with Crippen molar-refractivity contribution < 1.29 is 14.7 Å². The Hall–Kier alpha value is -2.33. The predicted molar refractivity (Wildman–Crippen MR) is 94.5 cm³/mol. The van der Waals surface area contributed by atoms with E-state index in [1.54, 1.807) is 12.1 Å². The molecule has 0 spiro atoms. The summed E-state index contributed by atoms with van der Waals surface area (Å²) in [6.45, 7) is 3.89. The molecule has 0 aromatic heterocycles. The summed E-state index contributed by atoms with van der Waals surface area (Å²) in [5, 5.41) is 12.6. The third-order valence-corrected chi connectivity index (χ3v) is 4.00. The number of rotatable bonds is 6. The Balaban J connectivity index is 1.97. The lowest BCUT2D eigenvalue weighted by Gasteiger charge is -2.27. The number of halogens is 1. The lowest BCUT2D eigenvalue weighted by atomic mass is 9.94. The molecule has 0 saturated carbocycles. The molecule has 2 N–H and O–H groups in total. The SMILES string of the molecule is CC(C)(Cc1ccccc1Cl)NC(=O)Cc1ccc(C(=O)O)cc1. The quantitative estimate of drug-likeness (QED) is 0.838. The Morgan fingerprint density at radius 1 is 1.08 bits per heavy atom. The third kappa shape index (κ3) is 5.10. The van der Waals surface area contributed by atoms with Crippen LogP contribution in [0.4, 0.5) is 0 Å². The molecule has 0 unspecified atom stereocenters. The van der Waals surface area contributed by atoms with Crippen molar-refractivity contribution in [3.8, 4) is 0 Å². The van der Waals surface area contributed by atoms with Gasteiger partial charge in [0.15, 0.2) is 0 Å². The van der Waals surface area contributed by atoms with Gasteiger partial charge in [-0.05, 0) is 49.6 Å². The van der Waals surface area contributed by atoms with Crippen molar-refractivity contribution in [2.75, 3.05) is 0 Å². The second-order valence-electron chi connectivity index (χ2n) is 6.38. The Labute approximate surface area is 146 Å². The Morgan fingerprint density at radius 2 is 1.71 bits per heavy atom. The van der Waals surface area contributed by atoms with Crippen molar-refractivity contribution in [3.05, 3.63) is 70.2 Å². The molecule has 24 heavy (non-hydrogen) atoms. The Bertz CT molecular complexity index is 739. The van der Waals surface area contributed by atoms with Gasteiger partial charge in [-0.1, -0.05) is 41.9 Å². The lowest BCUT2D eigenvalue weighted by molar-refractivity contribution is -0.122. The minimum absolute atomic E-state index is 0.116. The van der Waals surface area contributed by atoms with Gasteiger partial charge in [0.25, 0.3) is 0 Å². The average Bonchev–Trinajstić information content (AvgIpc) is 2.49. The molecule has 2 rings (SSSR count). The molecule has 2 aromatic rings. The summed E-state index contributed by atoms with van der Waals surface area (Å²) in [4.78, 5) is 23.1. The minimum atomic E-state index is -0.980. The molecular formula is C19H20ClNO3. The van der Waals surface area contributed by atoms with Crippen LogP contribution in [0, 0.1) is 0 Å². The van der Waals surface area contributed by atoms with E-state index >= 15 is 0 Å². The highest BCUT2D eigenvalue weighted by Crippen LogP contribution is 2.21. The van der Waals surface area contributed by atoms with E-state index in [9.17, 15) is 9.59 Å². The van der Waals surface area contributed by atoms with Crippen LogP contribution in [-0.4, -0.2) is 22.5 Å². The average molecular weight is 346 g/mol. The van der Waals surface area contributed by atoms with Gasteiger partial charge in [-0.3, -0.25) is 4.79 Å². The number of carboxylic acid groups (broad SMARTS) is 1. The predicted octanol–water partition coefficient (Wildman–Crippen LogP) is 3.72. The molecule has 0 aliphatic rings. The number of nitrogens with one attached hydrogen (secondary N) is 1. The highest BCUT2D eigenvalue weighted by Gasteiger charge is 2.22. The molecule has 0 saturated heterocycles. The summed E-state index contributed by atoms with van der Waals surface area (Å²) in [5.74, 6) is -1.10. The smallest absolute Gasteiger partial charge is 0.335 e. The lowest BCUT2D eigenvalue weighted by Crippen LogP contribution is -2.45. The Kier molecular flexibility index (Phi) is 5.62. The van der Waals surface area contributed by atoms with Crippen molar-refractivity contribution in [2.45, 2.75) is 32.2 Å². The molecule has 0 heterocycles. The van der Waals surface area contributed by atoms with Gasteiger partial charge in [-0.15, -0.1) is 0 Å². The van der Waals surface area contributed by atoms with E-state index in [0.29, 0.717) is 11.4 Å². The third-order valence-electron chi connectivity index (χ3n) is 3.63. The van der Waals surface area contributed by atoms with Crippen LogP contribution >= 0.6 is 11.6 Å². The zero-order chi connectivity index (χ0) is 17.7. The first kappa shape index (κ1) is 18.0. The molecule has 0 fully saturated rings. The highest BCUT2D eigenvalue weighted by molar-refractivity contribution is 6.31. The van der Waals surface area contributed by atoms with E-state index < -0.39 is 11.5 Å². The molecular weight excluding hydrogens is 326 g/mol. The molecule has 0 aliphatic carbocycles. The van der Waals surface area contributed by atoms with Gasteiger partial charge in [0.05, 0.1) is 12.0 Å². The normalized spacial score (nSPS) is 11.1. The van der Waals surface area contributed by atoms with E-state index in [1.165, 1.54) is 12.1 Å². The van der Waals surface area contributed by atoms with Crippen molar-refractivity contribution in [1.29, 1.82) is 0 Å². The molecule has 0 aliphatic heterocycles. The van der Waals surface area contributed by atoms with Crippen LogP contribution in [0.25, 0.3) is 0 Å². The van der Waals surface area contributed by atoms with Gasteiger partial charge in [-0.2, -0.15) is 0 Å². The monoisotopic (exact) mass is 345 g/mol. The summed E-state index contributed by atoms with van der Waals surface area (Å²) >= 11 is 6.18. The molecule has 0 atom stereocenters. The first-order valence-corrected chi connectivity index (χ1v) is 8.01. The van der Waals surface area contributed by atoms with Crippen molar-refractivity contribution in [2.24, 2.45) is 0 Å². The number of benzene rings is 2. The van der Waals surface area contributed by atoms with Gasteiger partial charge in [0, 0.05) is 10.6 Å². The van der Waals surface area contributed by atoms with Crippen LogP contribution in [0.15, 0.2) is 48.5 Å². The van der Waals surface area contributed by atoms with E-state index in [0.717, 1.165) is 11.1 Å². The van der Waals surface area contributed by atoms with Crippen LogP contribution in [-0.2, 0) is 17.6 Å². The fourth-order valence-electron chi connectivity index (χ4n) is 2.53. The van der Waals surface area contributed by atoms with Gasteiger partial charge in [0.2, 0.25) is 5.91 Å². The van der Waals surface area contributed by atoms with Gasteiger partial charge >= 0.3 is 5.97 Å². The van der Waals surface area contributed by atoms with Crippen LogP contribution < -0.4 is 5.32 Å². The van der Waals surface area contributed by atoms with Gasteiger partial charge in [-0.25, -0.2) is 4.79 Å². The number of amides is 1. The van der Waals surface area contributed by atoms with Gasteiger partial charge in [0.1, 0.15) is 0 Å². The molecule has 0 radical (unpaired) electrons. The summed E-state index contributed by atoms with van der Waals surface area (Å²) in [6.07, 6.45) is 0.822. The van der Waals surface area contributed by atoms with E-state index in [1.807, 2.05) is 38.1 Å². The van der Waals surface area contributed by atoms with E-state index in [-0.39, 0.29) is 17.9 Å². The van der Waals surface area contributed by atoms with Crippen molar-refractivity contribution >= 4 is 23.5 Å². The number of carboxylic acids is 1. The standard InChI is InChI=1S/C19H20ClNO3/c1-19(2,12-15-5-3-4-6-16(15)20)21-17(22)11-13-7-9-14(10-8-13)18(23)24/h3-10H,11-12H2,1-2H3,(H,21,22)(H,23,24). The maximum absolute atomic E-state index is 12.3. The highest BCUT2D eigenvalue weighted by atomic mass is 35.5. The minimum Gasteiger partial charge on any atom is -0.478 e. The largest absolute Gasteiger partial charge is 0.478 e. The van der Waals surface area contributed by atoms with Crippen molar-refractivity contribution in [3.63, 3.8) is 0 Å². The fraction of sp³-hybridized carbons (Fsp3) is 0.263. The van der Waals surface area contributed by atoms with E-state index in [4.69, 9.17) is 16.7 Å². The first-order chi connectivity index (χ1) is 11.3. The van der Waals surface area contributed by atoms with Crippen LogP contribution in [0.1, 0.15) is 35.3 Å². The molecule has 126 valence electrons. The Morgan fingerprint density at radius 3 is 2.29 bits per heavy atom. The number of hydrogen-bond donors (Lipinski definition) is 2. The molecule has 2 aromatic carbocycles. The molecule has 5 heteroatoms. The van der Waals surface area contributed by atoms with Crippen molar-refractivity contribution in [1.82, 2.24) is 5.32 Å². The number of carbonyl (C=O) groups is 2. The number of aromatic carboxylic acids is 1. The summed E-state index contributed by atoms with van der Waals surface area (Å²) < 4.78 is 0. The zero-order valence-corrected chi connectivity index (χ0v) is 14.4. The number of hydrogen-bond acceptors (Lipinski definition) is 2. The summed E-state index contributed by atoms with van der Waals surface area (Å²) in [6, 6.07) is 13.9. The zero-order valence-electron chi connectivity index (χ0n) is 13.7. The topological polar surface area (TPSA) is 66.4 Å². The second kappa shape index (κ2) is 7.49. The maximum Gasteiger partial charge on any atom is 0.335 e. The van der Waals surface area contributed by atoms with Crippen LogP contribution in [0.5, 0.6) is 0 Å². The summed E-state index contributed by atoms with van der Waals surface area (Å²) in [7, 11) is 0. The molecule has 0 bridgehead atoms. The van der Waals surface area contributed by atoms with E-state index in [2.05, 4.69) is 5.32 Å². The number of carbonyl (C=O) groups excluding carboxylic acids is 1. The molecule has 1 amide bonds. The first-order valence-electron chi connectivity index (χ1n) is 7.63. The summed E-state index contributed by atoms with van der Waals surface area (Å²) in [5.41, 5.74) is 1.52. The fourth-order valence-corrected chi connectivity index (χ4v) is 2.74. The van der Waals surface area contributed by atoms with Crippen LogP contribution in [0.2, 0.25) is 5.02 Å². The van der Waals surface area contributed by atoms with Gasteiger partial charge < -0.3 is 10.4 Å².